The van der Waals surface area contributed by atoms with Crippen LogP contribution in [0.1, 0.15) is 51.3 Å². The average Bonchev–Trinajstić information content (AvgIpc) is 2.93. The van der Waals surface area contributed by atoms with Crippen molar-refractivity contribution in [3.8, 4) is 0 Å². The molecule has 1 aromatic heterocycles. The van der Waals surface area contributed by atoms with E-state index in [1.807, 2.05) is 19.6 Å². The smallest absolute Gasteiger partial charge is 0.100 e. The van der Waals surface area contributed by atoms with Gasteiger partial charge in [0.25, 0.3) is 0 Å². The topological polar surface area (TPSA) is 39.1 Å². The molecular weight excluding hydrogens is 274 g/mol. The van der Waals surface area contributed by atoms with Gasteiger partial charge in [-0.15, -0.1) is 0 Å². The van der Waals surface area contributed by atoms with Crippen molar-refractivity contribution in [2.24, 2.45) is 18.9 Å². The van der Waals surface area contributed by atoms with E-state index in [2.05, 4.69) is 34.8 Å². The Morgan fingerprint density at radius 2 is 2.27 bits per heavy atom. The first-order valence-electron chi connectivity index (χ1n) is 8.63. The van der Waals surface area contributed by atoms with E-state index in [0.717, 1.165) is 31.9 Å². The molecule has 0 bridgehead atoms. The van der Waals surface area contributed by atoms with Gasteiger partial charge < -0.3 is 14.6 Å². The Morgan fingerprint density at radius 3 is 3.00 bits per heavy atom. The lowest BCUT2D eigenvalue weighted by atomic mass is 9.80. The second-order valence-corrected chi connectivity index (χ2v) is 7.03. The van der Waals surface area contributed by atoms with Crippen molar-refractivity contribution in [1.82, 2.24) is 14.9 Å². The maximum atomic E-state index is 5.96. The van der Waals surface area contributed by atoms with E-state index in [9.17, 15) is 0 Å². The molecule has 3 rings (SSSR count). The Hall–Kier alpha value is -1.13. The zero-order valence-electron chi connectivity index (χ0n) is 14.1. The molecule has 0 aromatic carbocycles. The summed E-state index contributed by atoms with van der Waals surface area (Å²) in [5.41, 5.74) is 2.76. The molecule has 1 saturated heterocycles. The van der Waals surface area contributed by atoms with Crippen LogP contribution >= 0.6 is 0 Å². The second-order valence-electron chi connectivity index (χ2n) is 7.03. The van der Waals surface area contributed by atoms with Crippen molar-refractivity contribution < 1.29 is 4.74 Å². The van der Waals surface area contributed by atoms with Crippen LogP contribution in [0.15, 0.2) is 24.2 Å². The molecule has 0 unspecified atom stereocenters. The molecule has 4 heteroatoms. The lowest BCUT2D eigenvalue weighted by Gasteiger charge is -2.34. The third kappa shape index (κ3) is 3.44. The number of hydrogen-bond acceptors (Lipinski definition) is 3. The van der Waals surface area contributed by atoms with E-state index < -0.39 is 0 Å². The number of nitrogens with one attached hydrogen (secondary N) is 1. The van der Waals surface area contributed by atoms with Gasteiger partial charge in [0.2, 0.25) is 0 Å². The van der Waals surface area contributed by atoms with Gasteiger partial charge in [0.15, 0.2) is 0 Å². The van der Waals surface area contributed by atoms with Crippen LogP contribution < -0.4 is 5.32 Å². The van der Waals surface area contributed by atoms with Crippen LogP contribution in [0.5, 0.6) is 0 Å². The minimum Gasteiger partial charge on any atom is -0.372 e. The quantitative estimate of drug-likeness (QED) is 0.868. The van der Waals surface area contributed by atoms with Crippen LogP contribution in [-0.2, 0) is 11.8 Å². The molecular formula is C18H29N3O. The molecule has 0 saturated carbocycles. The van der Waals surface area contributed by atoms with Gasteiger partial charge in [0, 0.05) is 26.2 Å². The van der Waals surface area contributed by atoms with Crippen LogP contribution in [0.3, 0.4) is 0 Å². The third-order valence-electron chi connectivity index (χ3n) is 5.45. The molecule has 4 atom stereocenters. The molecule has 1 aromatic rings. The molecule has 0 amide bonds. The largest absolute Gasteiger partial charge is 0.372 e. The Kier molecular flexibility index (Phi) is 4.99. The summed E-state index contributed by atoms with van der Waals surface area (Å²) in [6, 6.07) is 0.551. The summed E-state index contributed by atoms with van der Waals surface area (Å²) in [4.78, 5) is 4.22. The Bertz CT molecular complexity index is 522. The lowest BCUT2D eigenvalue weighted by Crippen LogP contribution is -2.40. The van der Waals surface area contributed by atoms with Gasteiger partial charge in [-0.2, -0.15) is 0 Å². The highest BCUT2D eigenvalue weighted by Crippen LogP contribution is 2.31. The standard InChI is InChI=1S/C18H29N3O/c1-13-5-4-6-14(2)16(13)10-20-15-7-8-22-18(9-15)17-11-19-12-21(17)3/h5,11-12,14-16,18,20H,4,6-10H2,1-3H3/t14-,15+,16+,18-/m0/s1. The molecule has 4 nitrogen and oxygen atoms in total. The summed E-state index contributed by atoms with van der Waals surface area (Å²) < 4.78 is 8.03. The van der Waals surface area contributed by atoms with Crippen molar-refractivity contribution in [1.29, 1.82) is 0 Å². The molecule has 2 aliphatic rings. The van der Waals surface area contributed by atoms with Gasteiger partial charge in [-0.3, -0.25) is 0 Å². The first-order valence-corrected chi connectivity index (χ1v) is 8.63. The highest BCUT2D eigenvalue weighted by atomic mass is 16.5. The Morgan fingerprint density at radius 1 is 1.41 bits per heavy atom. The molecule has 1 aliphatic carbocycles. The molecule has 122 valence electrons. The molecule has 1 aliphatic heterocycles. The number of rotatable bonds is 4. The molecule has 22 heavy (non-hydrogen) atoms. The maximum absolute atomic E-state index is 5.96. The van der Waals surface area contributed by atoms with E-state index in [0.29, 0.717) is 12.0 Å². The monoisotopic (exact) mass is 303 g/mol. The zero-order valence-corrected chi connectivity index (χ0v) is 14.1. The average molecular weight is 303 g/mol. The first-order chi connectivity index (χ1) is 10.6. The van der Waals surface area contributed by atoms with E-state index >= 15 is 0 Å². The van der Waals surface area contributed by atoms with Gasteiger partial charge >= 0.3 is 0 Å². The predicted molar refractivity (Wildman–Crippen MR) is 88.6 cm³/mol. The van der Waals surface area contributed by atoms with Crippen molar-refractivity contribution >= 4 is 0 Å². The van der Waals surface area contributed by atoms with Crippen LogP contribution in [0.4, 0.5) is 0 Å². The molecule has 0 spiro atoms. The summed E-state index contributed by atoms with van der Waals surface area (Å²) in [7, 11) is 2.04. The maximum Gasteiger partial charge on any atom is 0.100 e. The van der Waals surface area contributed by atoms with Crippen LogP contribution in [0.2, 0.25) is 0 Å². The fraction of sp³-hybridized carbons (Fsp3) is 0.722. The second kappa shape index (κ2) is 6.97. The fourth-order valence-corrected chi connectivity index (χ4v) is 3.90. The van der Waals surface area contributed by atoms with E-state index in [4.69, 9.17) is 4.74 Å². The molecule has 1 N–H and O–H groups in total. The number of imidazole rings is 1. The summed E-state index contributed by atoms with van der Waals surface area (Å²) in [5.74, 6) is 1.50. The van der Waals surface area contributed by atoms with Gasteiger partial charge in [-0.05, 0) is 44.4 Å². The van der Waals surface area contributed by atoms with E-state index in [-0.39, 0.29) is 6.10 Å². The van der Waals surface area contributed by atoms with Crippen molar-refractivity contribution in [2.75, 3.05) is 13.2 Å². The zero-order chi connectivity index (χ0) is 15.5. The normalized spacial score (nSPS) is 32.8. The summed E-state index contributed by atoms with van der Waals surface area (Å²) >= 11 is 0. The van der Waals surface area contributed by atoms with Gasteiger partial charge in [0.1, 0.15) is 6.10 Å². The molecule has 2 heterocycles. The van der Waals surface area contributed by atoms with Crippen LogP contribution in [-0.4, -0.2) is 28.7 Å². The van der Waals surface area contributed by atoms with Crippen molar-refractivity contribution in [3.63, 3.8) is 0 Å². The van der Waals surface area contributed by atoms with Crippen LogP contribution in [0.25, 0.3) is 0 Å². The van der Waals surface area contributed by atoms with E-state index in [1.165, 1.54) is 18.5 Å². The minimum atomic E-state index is 0.180. The van der Waals surface area contributed by atoms with E-state index in [1.54, 1.807) is 5.57 Å². The predicted octanol–water partition coefficient (Wildman–Crippen LogP) is 3.22. The number of allylic oxidation sites excluding steroid dienone is 1. The third-order valence-corrected chi connectivity index (χ3v) is 5.45. The minimum absolute atomic E-state index is 0.180. The van der Waals surface area contributed by atoms with Gasteiger partial charge in [-0.25, -0.2) is 4.98 Å². The highest BCUT2D eigenvalue weighted by molar-refractivity contribution is 5.10. The number of aromatic nitrogens is 2. The first kappa shape index (κ1) is 15.8. The highest BCUT2D eigenvalue weighted by Gasteiger charge is 2.27. The fourth-order valence-electron chi connectivity index (χ4n) is 3.90. The number of hydrogen-bond donors (Lipinski definition) is 1. The molecule has 1 fully saturated rings. The van der Waals surface area contributed by atoms with Crippen molar-refractivity contribution in [3.05, 3.63) is 29.9 Å². The van der Waals surface area contributed by atoms with Crippen molar-refractivity contribution in [2.45, 2.75) is 51.7 Å². The summed E-state index contributed by atoms with van der Waals surface area (Å²) in [6.45, 7) is 6.63. The lowest BCUT2D eigenvalue weighted by molar-refractivity contribution is -0.00444. The number of nitrogens with zero attached hydrogens (tertiary/aromatic N) is 2. The Labute approximate surface area is 134 Å². The molecule has 0 radical (unpaired) electrons. The number of ether oxygens (including phenoxy) is 1. The Balaban J connectivity index is 1.56. The summed E-state index contributed by atoms with van der Waals surface area (Å²) in [6.07, 6.45) is 11.1. The number of aryl methyl sites for hydroxylation is 1. The van der Waals surface area contributed by atoms with Gasteiger partial charge in [0.05, 0.1) is 18.2 Å². The SMILES string of the molecule is CC1=CCC[C@H](C)[C@@H]1CN[C@@H]1CCO[C@H](c2cncn2C)C1. The summed E-state index contributed by atoms with van der Waals surface area (Å²) in [5, 5.41) is 3.81. The van der Waals surface area contributed by atoms with Gasteiger partial charge in [-0.1, -0.05) is 18.6 Å². The van der Waals surface area contributed by atoms with Crippen LogP contribution in [0, 0.1) is 11.8 Å².